The summed E-state index contributed by atoms with van der Waals surface area (Å²) >= 11 is 21.8. The Bertz CT molecular complexity index is 2210. The quantitative estimate of drug-likeness (QED) is 0.0495. The van der Waals surface area contributed by atoms with Gasteiger partial charge >= 0.3 is 29.6 Å². The zero-order valence-corrected chi connectivity index (χ0v) is 45.5. The number of piperidine rings is 3. The van der Waals surface area contributed by atoms with Crippen LogP contribution in [0.25, 0.3) is 0 Å². The van der Waals surface area contributed by atoms with Crippen molar-refractivity contribution in [2.24, 2.45) is 5.73 Å². The maximum atomic E-state index is 13.7. The molecule has 6 aliphatic heterocycles. The minimum atomic E-state index is -2.65. The van der Waals surface area contributed by atoms with Crippen molar-refractivity contribution in [1.29, 1.82) is 0 Å². The molecule has 9 heterocycles. The number of nitrogens with one attached hydrogen (secondary N) is 2. The predicted octanol–water partition coefficient (Wildman–Crippen LogP) is 6.26. The molecule has 0 amide bonds. The third-order valence-electron chi connectivity index (χ3n) is 13.2. The number of anilines is 2. The number of fused-ring (bicyclic) bond motifs is 3. The van der Waals surface area contributed by atoms with Gasteiger partial charge in [-0.25, -0.2) is 59.4 Å². The van der Waals surface area contributed by atoms with Crippen LogP contribution in [-0.2, 0) is 9.68 Å². The van der Waals surface area contributed by atoms with Crippen LogP contribution in [0.4, 0.5) is 51.1 Å². The molecular formula is C44H60Cl4F9N12NaO3. The van der Waals surface area contributed by atoms with Crippen molar-refractivity contribution in [1.82, 2.24) is 44.6 Å². The van der Waals surface area contributed by atoms with Gasteiger partial charge in [0.1, 0.15) is 0 Å². The summed E-state index contributed by atoms with van der Waals surface area (Å²) in [4.78, 5) is 38.4. The van der Waals surface area contributed by atoms with Gasteiger partial charge in [0, 0.05) is 72.1 Å². The maximum absolute atomic E-state index is 13.7. The number of hydrogen-bond donors (Lipinski definition) is 3. The molecule has 9 rings (SSSR count). The van der Waals surface area contributed by atoms with Crippen LogP contribution < -0.4 is 51.2 Å². The zero-order valence-electron chi connectivity index (χ0n) is 40.5. The van der Waals surface area contributed by atoms with Crippen LogP contribution in [-0.4, -0.2) is 141 Å². The van der Waals surface area contributed by atoms with E-state index in [1.165, 1.54) is 0 Å². The molecule has 1 unspecified atom stereocenters. The molecule has 6 atom stereocenters. The topological polar surface area (TPSA) is 186 Å². The number of nitrogens with zero attached hydrogens (tertiary/aromatic N) is 9. The van der Waals surface area contributed by atoms with Gasteiger partial charge in [-0.2, -0.15) is 9.97 Å². The fraction of sp³-hybridized carbons (Fsp3) is 0.705. The van der Waals surface area contributed by atoms with Gasteiger partial charge in [-0.3, -0.25) is 19.5 Å². The van der Waals surface area contributed by atoms with Gasteiger partial charge in [0.05, 0.1) is 38.2 Å². The van der Waals surface area contributed by atoms with Crippen LogP contribution in [0.2, 0.25) is 21.0 Å². The molecule has 0 aromatic carbocycles. The Morgan fingerprint density at radius 1 is 0.603 bits per heavy atom. The van der Waals surface area contributed by atoms with E-state index in [-0.39, 0.29) is 168 Å². The van der Waals surface area contributed by atoms with Crippen molar-refractivity contribution >= 4 is 64.5 Å². The molecule has 6 aliphatic rings. The van der Waals surface area contributed by atoms with Crippen molar-refractivity contribution in [3.63, 3.8) is 0 Å². The van der Waals surface area contributed by atoms with Crippen molar-refractivity contribution < 1.29 is 84.0 Å². The Kier molecular flexibility index (Phi) is 23.0. The summed E-state index contributed by atoms with van der Waals surface area (Å²) in [6.45, 7) is 11.1. The molecule has 3 aromatic heterocycles. The van der Waals surface area contributed by atoms with Crippen LogP contribution in [0.15, 0.2) is 18.6 Å². The van der Waals surface area contributed by atoms with E-state index in [2.05, 4.69) is 45.4 Å². The number of alkyl halides is 6. The first-order chi connectivity index (χ1) is 32.7. The summed E-state index contributed by atoms with van der Waals surface area (Å²) < 4.78 is 121. The molecule has 0 spiro atoms. The molecule has 406 valence electrons. The van der Waals surface area contributed by atoms with Crippen molar-refractivity contribution in [2.75, 3.05) is 30.3 Å². The first-order valence-electron chi connectivity index (χ1n) is 22.4. The SMILES string of the molecule is C.CC1(C)CC(N)C[C@@H]2CC(F)(F)CN21.CC1(C)C[C@@H](Nc2nc(Cl)ncc2F)C[C@@H]2CC(F)(F)CN21.CC1(C)C[C@H](Nc2nc(Cl)ncc2F)C[C@@H]2CC(F)(F)CN21.Fc1cnc(Cl)nc1Cl.O=CO[O-].[Na+]. The average molecular weight is 1140 g/mol. The first-order valence-corrected chi connectivity index (χ1v) is 23.9. The maximum Gasteiger partial charge on any atom is 1.00 e. The van der Waals surface area contributed by atoms with E-state index < -0.39 is 35.2 Å². The van der Waals surface area contributed by atoms with Gasteiger partial charge in [0.2, 0.25) is 15.9 Å². The second-order valence-corrected chi connectivity index (χ2v) is 21.7. The van der Waals surface area contributed by atoms with E-state index in [1.54, 1.807) is 0 Å². The van der Waals surface area contributed by atoms with E-state index >= 15 is 0 Å². The van der Waals surface area contributed by atoms with Gasteiger partial charge in [0.15, 0.2) is 34.2 Å². The summed E-state index contributed by atoms with van der Waals surface area (Å²) in [5.74, 6) is -9.62. The van der Waals surface area contributed by atoms with Crippen LogP contribution >= 0.6 is 46.4 Å². The van der Waals surface area contributed by atoms with E-state index in [9.17, 15) is 39.5 Å². The average Bonchev–Trinajstić information content (AvgIpc) is 3.87. The van der Waals surface area contributed by atoms with E-state index in [0.717, 1.165) is 31.4 Å². The molecule has 6 saturated heterocycles. The number of carbonyl (C=O) groups excluding carboxylic acids is 1. The molecule has 0 radical (unpaired) electrons. The van der Waals surface area contributed by atoms with Gasteiger partial charge in [-0.05, 0) is 115 Å². The molecule has 15 nitrogen and oxygen atoms in total. The smallest absolute Gasteiger partial charge is 0.662 e. The third kappa shape index (κ3) is 18.1. The zero-order chi connectivity index (χ0) is 53.1. The minimum absolute atomic E-state index is 0. The molecule has 4 N–H and O–H groups in total. The second kappa shape index (κ2) is 25.9. The standard InChI is InChI=1S/2C14H18ClF3N4.C10H18F2N2.C4HCl2FN2.CH2O3.CH4.Na/c2*1-13(2)4-8(3-9-5-14(17,18)7-22(9)13)20-11-10(16)6-19-12(15)21-11;1-9(2)4-7(13)3-8-5-10(11,12)6-14(8)9;5-3-2(7)1-8-4(6)9-3;2-1-4-3;;/h2*6,8-9H,3-5,7H2,1-2H3,(H,19,20,21);7-8H,3-6,13H2,1-2H3;1H;1,3H;1H4;/q;;;;;;+1/p-1/t8-,9+;8-,9-;7?,8-;;;;/m011..../s1. The molecule has 29 heteroatoms. The van der Waals surface area contributed by atoms with Crippen LogP contribution in [0.3, 0.4) is 0 Å². The number of hydrogen-bond acceptors (Lipinski definition) is 15. The number of halogens is 13. The van der Waals surface area contributed by atoms with Crippen molar-refractivity contribution in [3.8, 4) is 0 Å². The first kappa shape index (κ1) is 64.9. The molecule has 73 heavy (non-hydrogen) atoms. The molecule has 0 bridgehead atoms. The largest absolute Gasteiger partial charge is 1.00 e. The Balaban J connectivity index is 0.000000259. The summed E-state index contributed by atoms with van der Waals surface area (Å²) in [6, 6.07) is -0.617. The van der Waals surface area contributed by atoms with Gasteiger partial charge in [0.25, 0.3) is 24.2 Å². The number of aromatic nitrogens is 6. The third-order valence-corrected chi connectivity index (χ3v) is 14.0. The van der Waals surface area contributed by atoms with E-state index in [1.807, 2.05) is 56.2 Å². The van der Waals surface area contributed by atoms with Crippen molar-refractivity contribution in [2.45, 2.75) is 177 Å². The summed E-state index contributed by atoms with van der Waals surface area (Å²) in [6.07, 6.45) is 6.45. The molecule has 0 saturated carbocycles. The van der Waals surface area contributed by atoms with E-state index in [4.69, 9.17) is 62.2 Å². The second-order valence-electron chi connectivity index (χ2n) is 20.4. The van der Waals surface area contributed by atoms with Crippen LogP contribution in [0, 0.1) is 17.5 Å². The van der Waals surface area contributed by atoms with Crippen LogP contribution in [0.5, 0.6) is 0 Å². The molecule has 6 fully saturated rings. The van der Waals surface area contributed by atoms with Crippen molar-refractivity contribution in [3.05, 3.63) is 57.0 Å². The fourth-order valence-electron chi connectivity index (χ4n) is 10.7. The summed E-state index contributed by atoms with van der Waals surface area (Å²) in [5, 5.41) is 14.0. The van der Waals surface area contributed by atoms with Gasteiger partial charge in [-0.15, -0.1) is 0 Å². The van der Waals surface area contributed by atoms with E-state index in [0.29, 0.717) is 25.7 Å². The molecular weight excluding hydrogens is 1080 g/mol. The number of nitrogens with two attached hydrogens (primary N) is 1. The normalized spacial score (nSPS) is 27.5. The fourth-order valence-corrected chi connectivity index (χ4v) is 11.3. The Hall–Kier alpha value is -2.36. The molecule has 3 aromatic rings. The van der Waals surface area contributed by atoms with Gasteiger partial charge < -0.3 is 26.5 Å². The minimum Gasteiger partial charge on any atom is -0.662 e. The summed E-state index contributed by atoms with van der Waals surface area (Å²) in [5.41, 5.74) is 4.96. The van der Waals surface area contributed by atoms with Crippen LogP contribution in [0.1, 0.15) is 107 Å². The number of rotatable bonds is 5. The Morgan fingerprint density at radius 2 is 0.918 bits per heavy atom. The van der Waals surface area contributed by atoms with Gasteiger partial charge in [-0.1, -0.05) is 19.0 Å². The summed E-state index contributed by atoms with van der Waals surface area (Å²) in [7, 11) is 0. The Labute approximate surface area is 460 Å². The monoisotopic (exact) mass is 1140 g/mol. The molecule has 0 aliphatic carbocycles. The predicted molar refractivity (Wildman–Crippen MR) is 253 cm³/mol. The number of carbonyl (C=O) groups is 1. The Morgan fingerprint density at radius 3 is 1.25 bits per heavy atom.